The van der Waals surface area contributed by atoms with Crippen molar-refractivity contribution in [3.63, 3.8) is 0 Å². The molecule has 1 fully saturated rings. The van der Waals surface area contributed by atoms with Gasteiger partial charge in [0, 0.05) is 44.5 Å². The van der Waals surface area contributed by atoms with Crippen LogP contribution >= 0.6 is 0 Å². The molecule has 0 atom stereocenters. The molecule has 2 heterocycles. The Morgan fingerprint density at radius 1 is 1.19 bits per heavy atom. The minimum Gasteiger partial charge on any atom is -0.370 e. The maximum atomic E-state index is 13.9. The fraction of sp³-hybridized carbons (Fsp3) is 0.400. The number of amides is 1. The van der Waals surface area contributed by atoms with Crippen molar-refractivity contribution >= 4 is 17.4 Å². The second-order valence-electron chi connectivity index (χ2n) is 6.94. The van der Waals surface area contributed by atoms with Crippen molar-refractivity contribution in [3.8, 4) is 0 Å². The average Bonchev–Trinajstić information content (AvgIpc) is 2.66. The first-order chi connectivity index (χ1) is 12.5. The van der Waals surface area contributed by atoms with Crippen LogP contribution in [0.25, 0.3) is 0 Å². The predicted molar refractivity (Wildman–Crippen MR) is 102 cm³/mol. The Kier molecular flexibility index (Phi) is 5.71. The number of nitrogens with one attached hydrogen (secondary N) is 1. The van der Waals surface area contributed by atoms with Gasteiger partial charge in [0.15, 0.2) is 0 Å². The van der Waals surface area contributed by atoms with Crippen molar-refractivity contribution in [2.24, 2.45) is 5.92 Å². The molecule has 26 heavy (non-hydrogen) atoms. The number of pyridine rings is 1. The van der Waals surface area contributed by atoms with E-state index in [2.05, 4.69) is 24.1 Å². The van der Waals surface area contributed by atoms with Gasteiger partial charge in [-0.1, -0.05) is 26.0 Å². The first kappa shape index (κ1) is 18.2. The highest BCUT2D eigenvalue weighted by Crippen LogP contribution is 2.21. The molecular weight excluding hydrogens is 331 g/mol. The fourth-order valence-corrected chi connectivity index (χ4v) is 3.01. The maximum Gasteiger partial charge on any atom is 0.254 e. The molecule has 0 spiro atoms. The first-order valence-electron chi connectivity index (χ1n) is 9.03. The summed E-state index contributed by atoms with van der Waals surface area (Å²) < 4.78 is 13.9. The summed E-state index contributed by atoms with van der Waals surface area (Å²) in [6.45, 7) is 7.45. The topological polar surface area (TPSA) is 48.5 Å². The number of nitrogens with zero attached hydrogens (tertiary/aromatic N) is 3. The number of rotatable bonds is 5. The van der Waals surface area contributed by atoms with E-state index in [1.54, 1.807) is 30.5 Å². The molecule has 2 aromatic rings. The molecule has 1 aromatic heterocycles. The quantitative estimate of drug-likeness (QED) is 0.893. The number of carbonyl (C=O) groups excluding carboxylic acids is 1. The van der Waals surface area contributed by atoms with E-state index in [1.165, 1.54) is 6.07 Å². The molecule has 0 aliphatic carbocycles. The Labute approximate surface area is 153 Å². The summed E-state index contributed by atoms with van der Waals surface area (Å²) in [6, 6.07) is 10.3. The largest absolute Gasteiger partial charge is 0.370 e. The minimum atomic E-state index is -0.220. The molecule has 1 aromatic carbocycles. The lowest BCUT2D eigenvalue weighted by atomic mass is 10.2. The summed E-state index contributed by atoms with van der Waals surface area (Å²) in [6.07, 6.45) is 1.66. The number of carbonyl (C=O) groups is 1. The third-order valence-corrected chi connectivity index (χ3v) is 4.46. The number of piperazine rings is 1. The molecule has 138 valence electrons. The van der Waals surface area contributed by atoms with Gasteiger partial charge < -0.3 is 15.1 Å². The number of aromatic nitrogens is 1. The second kappa shape index (κ2) is 8.17. The van der Waals surface area contributed by atoms with Crippen LogP contribution in [0.2, 0.25) is 0 Å². The van der Waals surface area contributed by atoms with Crippen LogP contribution in [0.1, 0.15) is 24.2 Å². The van der Waals surface area contributed by atoms with E-state index in [0.29, 0.717) is 43.3 Å². The third kappa shape index (κ3) is 4.31. The molecule has 0 saturated carbocycles. The Hall–Kier alpha value is -2.63. The van der Waals surface area contributed by atoms with Crippen LogP contribution in [0, 0.1) is 11.7 Å². The SMILES string of the molecule is CC(C)CNc1cc(C(=O)N2CCN(c3ccccc3F)CC2)ccn1. The van der Waals surface area contributed by atoms with Crippen molar-refractivity contribution in [3.05, 3.63) is 54.0 Å². The van der Waals surface area contributed by atoms with Gasteiger partial charge in [-0.05, 0) is 30.2 Å². The Morgan fingerprint density at radius 3 is 2.62 bits per heavy atom. The Balaban J connectivity index is 1.62. The van der Waals surface area contributed by atoms with E-state index < -0.39 is 0 Å². The highest BCUT2D eigenvalue weighted by Gasteiger charge is 2.23. The number of hydrogen-bond donors (Lipinski definition) is 1. The van der Waals surface area contributed by atoms with Crippen LogP contribution in [0.15, 0.2) is 42.6 Å². The van der Waals surface area contributed by atoms with Crippen molar-refractivity contribution in [1.29, 1.82) is 0 Å². The number of para-hydroxylation sites is 1. The lowest BCUT2D eigenvalue weighted by Crippen LogP contribution is -2.49. The second-order valence-corrected chi connectivity index (χ2v) is 6.94. The third-order valence-electron chi connectivity index (χ3n) is 4.46. The van der Waals surface area contributed by atoms with Gasteiger partial charge in [0.1, 0.15) is 11.6 Å². The lowest BCUT2D eigenvalue weighted by Gasteiger charge is -2.36. The predicted octanol–water partition coefficient (Wildman–Crippen LogP) is 3.25. The molecule has 1 amide bonds. The van der Waals surface area contributed by atoms with E-state index in [-0.39, 0.29) is 11.7 Å². The van der Waals surface area contributed by atoms with Gasteiger partial charge in [0.05, 0.1) is 5.69 Å². The molecule has 6 heteroatoms. The highest BCUT2D eigenvalue weighted by atomic mass is 19.1. The average molecular weight is 356 g/mol. The van der Waals surface area contributed by atoms with E-state index in [1.807, 2.05) is 15.9 Å². The van der Waals surface area contributed by atoms with Crippen LogP contribution in [0.5, 0.6) is 0 Å². The minimum absolute atomic E-state index is 0.00631. The van der Waals surface area contributed by atoms with Crippen molar-refractivity contribution < 1.29 is 9.18 Å². The van der Waals surface area contributed by atoms with Gasteiger partial charge in [-0.25, -0.2) is 9.37 Å². The van der Waals surface area contributed by atoms with Gasteiger partial charge in [-0.2, -0.15) is 0 Å². The molecule has 1 N–H and O–H groups in total. The molecule has 0 unspecified atom stereocenters. The maximum absolute atomic E-state index is 13.9. The van der Waals surface area contributed by atoms with Gasteiger partial charge >= 0.3 is 0 Å². The molecule has 3 rings (SSSR count). The van der Waals surface area contributed by atoms with E-state index in [0.717, 1.165) is 12.4 Å². The zero-order chi connectivity index (χ0) is 18.5. The van der Waals surface area contributed by atoms with Crippen molar-refractivity contribution in [2.45, 2.75) is 13.8 Å². The standard InChI is InChI=1S/C20H25FN4O/c1-15(2)14-23-19-13-16(7-8-22-19)20(26)25-11-9-24(10-12-25)18-6-4-3-5-17(18)21/h3-8,13,15H,9-12,14H2,1-2H3,(H,22,23). The summed E-state index contributed by atoms with van der Waals surface area (Å²) in [4.78, 5) is 20.9. The zero-order valence-electron chi connectivity index (χ0n) is 15.3. The molecule has 0 bridgehead atoms. The van der Waals surface area contributed by atoms with Crippen LogP contribution in [0.3, 0.4) is 0 Å². The Bertz CT molecular complexity index is 757. The van der Waals surface area contributed by atoms with Crippen LogP contribution < -0.4 is 10.2 Å². The first-order valence-corrected chi connectivity index (χ1v) is 9.03. The van der Waals surface area contributed by atoms with Gasteiger partial charge in [0.25, 0.3) is 5.91 Å². The van der Waals surface area contributed by atoms with Gasteiger partial charge in [-0.3, -0.25) is 4.79 Å². The number of halogens is 1. The van der Waals surface area contributed by atoms with Crippen LogP contribution in [-0.2, 0) is 0 Å². The molecule has 5 nitrogen and oxygen atoms in total. The molecule has 0 radical (unpaired) electrons. The summed E-state index contributed by atoms with van der Waals surface area (Å²) in [5, 5.41) is 3.25. The van der Waals surface area contributed by atoms with E-state index in [9.17, 15) is 9.18 Å². The van der Waals surface area contributed by atoms with Crippen molar-refractivity contribution in [1.82, 2.24) is 9.88 Å². The normalized spacial score (nSPS) is 14.6. The number of anilines is 2. The smallest absolute Gasteiger partial charge is 0.254 e. The van der Waals surface area contributed by atoms with Crippen LogP contribution in [0.4, 0.5) is 15.9 Å². The number of hydrogen-bond acceptors (Lipinski definition) is 4. The molecular formula is C20H25FN4O. The lowest BCUT2D eigenvalue weighted by molar-refractivity contribution is 0.0746. The van der Waals surface area contributed by atoms with Crippen LogP contribution in [-0.4, -0.2) is 48.5 Å². The zero-order valence-corrected chi connectivity index (χ0v) is 15.3. The summed E-state index contributed by atoms with van der Waals surface area (Å²) in [7, 11) is 0. The monoisotopic (exact) mass is 356 g/mol. The van der Waals surface area contributed by atoms with Crippen molar-refractivity contribution in [2.75, 3.05) is 42.9 Å². The van der Waals surface area contributed by atoms with Gasteiger partial charge in [-0.15, -0.1) is 0 Å². The number of benzene rings is 1. The highest BCUT2D eigenvalue weighted by molar-refractivity contribution is 5.95. The molecule has 1 saturated heterocycles. The fourth-order valence-electron chi connectivity index (χ4n) is 3.01. The summed E-state index contributed by atoms with van der Waals surface area (Å²) in [5.74, 6) is 0.993. The molecule has 1 aliphatic rings. The summed E-state index contributed by atoms with van der Waals surface area (Å²) >= 11 is 0. The summed E-state index contributed by atoms with van der Waals surface area (Å²) in [5.41, 5.74) is 1.23. The van der Waals surface area contributed by atoms with E-state index in [4.69, 9.17) is 0 Å². The Morgan fingerprint density at radius 2 is 1.92 bits per heavy atom. The van der Waals surface area contributed by atoms with E-state index >= 15 is 0 Å². The van der Waals surface area contributed by atoms with Gasteiger partial charge in [0.2, 0.25) is 0 Å². The molecule has 1 aliphatic heterocycles.